The Morgan fingerprint density at radius 2 is 1.94 bits per heavy atom. The van der Waals surface area contributed by atoms with Gasteiger partial charge in [-0.2, -0.15) is 0 Å². The van der Waals surface area contributed by atoms with Gasteiger partial charge in [0, 0.05) is 18.2 Å². The van der Waals surface area contributed by atoms with Gasteiger partial charge in [-0.15, -0.1) is 0 Å². The summed E-state index contributed by atoms with van der Waals surface area (Å²) in [6.07, 6.45) is 2.25. The fourth-order valence-corrected chi connectivity index (χ4v) is 2.79. The number of hydrogen-bond donors (Lipinski definition) is 3. The van der Waals surface area contributed by atoms with Crippen LogP contribution in [0.4, 0.5) is 0 Å². The lowest BCUT2D eigenvalue weighted by atomic mass is 10.0. The molecule has 0 aliphatic carbocycles. The topological polar surface area (TPSA) is 85.6 Å². The van der Waals surface area contributed by atoms with Crippen molar-refractivity contribution in [3.63, 3.8) is 0 Å². The third kappa shape index (κ3) is 13.9. The Morgan fingerprint density at radius 3 is 2.66 bits per heavy atom. The number of amides is 1. The second-order valence-electron chi connectivity index (χ2n) is 8.54. The molecule has 1 aromatic rings. The van der Waals surface area contributed by atoms with Crippen molar-refractivity contribution in [1.82, 2.24) is 10.6 Å². The first-order valence-electron chi connectivity index (χ1n) is 11.5. The average molecular weight is 444 g/mol. The van der Waals surface area contributed by atoms with Gasteiger partial charge in [0.25, 0.3) is 0 Å². The number of carbonyl (C=O) groups is 1. The highest BCUT2D eigenvalue weighted by atomic mass is 16.5. The average Bonchev–Trinajstić information content (AvgIpc) is 2.74. The second kappa shape index (κ2) is 16.3. The minimum atomic E-state index is -0.380. The first-order chi connectivity index (χ1) is 15.3. The lowest BCUT2D eigenvalue weighted by Gasteiger charge is -2.14. The summed E-state index contributed by atoms with van der Waals surface area (Å²) in [5.74, 6) is 6.66. The molecule has 178 valence electrons. The molecule has 0 aliphatic rings. The van der Waals surface area contributed by atoms with Crippen LogP contribution in [0.3, 0.4) is 0 Å². The van der Waals surface area contributed by atoms with E-state index in [4.69, 9.17) is 15.2 Å². The van der Waals surface area contributed by atoms with Crippen LogP contribution >= 0.6 is 0 Å². The number of rotatable bonds is 15. The van der Waals surface area contributed by atoms with Crippen molar-refractivity contribution in [2.45, 2.75) is 53.2 Å². The maximum absolute atomic E-state index is 11.6. The molecule has 0 saturated heterocycles. The Morgan fingerprint density at radius 1 is 1.16 bits per heavy atom. The Labute approximate surface area is 194 Å². The molecular weight excluding hydrogens is 402 g/mol. The minimum Gasteiger partial charge on any atom is -0.385 e. The lowest BCUT2D eigenvalue weighted by Crippen LogP contribution is -2.29. The molecule has 1 unspecified atom stereocenters. The number of ether oxygens (including phenoxy) is 2. The van der Waals surface area contributed by atoms with Crippen LogP contribution < -0.4 is 16.4 Å². The van der Waals surface area contributed by atoms with E-state index < -0.39 is 0 Å². The number of hydrogen-bond acceptors (Lipinski definition) is 5. The van der Waals surface area contributed by atoms with Gasteiger partial charge in [0.1, 0.15) is 12.8 Å². The highest BCUT2D eigenvalue weighted by Gasteiger charge is 2.06. The van der Waals surface area contributed by atoms with Gasteiger partial charge < -0.3 is 25.8 Å². The maximum Gasteiger partial charge on any atom is 0.246 e. The standard InChI is InChI=1S/C26H41N3O3/c1-20(2)8-7-14-29-26(30)19-31-16-17-32-25(27)12-11-23-9-6-10-24(18-23)22(5)28-15-13-21(3)4/h6,9-10,18,20-21,25,28H,5,11-17,19,27H2,1-4H3,(H,29,30). The van der Waals surface area contributed by atoms with Gasteiger partial charge in [-0.25, -0.2) is 0 Å². The SMILES string of the molecule is C=C(NCCC(C)C)c1cccc(CCC(N)OCCOCC(=O)NCC#CC(C)C)c1. The molecule has 6 nitrogen and oxygen atoms in total. The molecule has 1 aromatic carbocycles. The number of benzene rings is 1. The molecule has 0 aromatic heterocycles. The third-order valence-electron chi connectivity index (χ3n) is 4.61. The molecule has 6 heteroatoms. The summed E-state index contributed by atoms with van der Waals surface area (Å²) in [5, 5.41) is 6.09. The van der Waals surface area contributed by atoms with Gasteiger partial charge in [-0.3, -0.25) is 4.79 Å². The van der Waals surface area contributed by atoms with Crippen molar-refractivity contribution >= 4 is 11.6 Å². The van der Waals surface area contributed by atoms with E-state index in [0.717, 1.165) is 30.6 Å². The third-order valence-corrected chi connectivity index (χ3v) is 4.61. The lowest BCUT2D eigenvalue weighted by molar-refractivity contribution is -0.126. The Balaban J connectivity index is 2.20. The first-order valence-corrected chi connectivity index (χ1v) is 11.5. The Bertz CT molecular complexity index is 750. The van der Waals surface area contributed by atoms with E-state index in [9.17, 15) is 4.79 Å². The molecule has 0 radical (unpaired) electrons. The van der Waals surface area contributed by atoms with Crippen LogP contribution in [0.15, 0.2) is 30.8 Å². The van der Waals surface area contributed by atoms with Gasteiger partial charge in [0.15, 0.2) is 0 Å². The largest absolute Gasteiger partial charge is 0.385 e. The summed E-state index contributed by atoms with van der Waals surface area (Å²) < 4.78 is 10.9. The molecule has 0 spiro atoms. The Hall–Kier alpha value is -2.33. The quantitative estimate of drug-likeness (QED) is 0.220. The first kappa shape index (κ1) is 27.7. The van der Waals surface area contributed by atoms with E-state index in [1.807, 2.05) is 19.9 Å². The molecule has 0 aliphatic heterocycles. The van der Waals surface area contributed by atoms with E-state index in [2.05, 4.69) is 61.1 Å². The minimum absolute atomic E-state index is 0.0101. The zero-order chi connectivity index (χ0) is 23.8. The van der Waals surface area contributed by atoms with Gasteiger partial charge in [0.05, 0.1) is 19.8 Å². The molecule has 0 fully saturated rings. The van der Waals surface area contributed by atoms with Crippen LogP contribution in [0, 0.1) is 23.7 Å². The van der Waals surface area contributed by atoms with Crippen LogP contribution in [0.1, 0.15) is 51.7 Å². The highest BCUT2D eigenvalue weighted by molar-refractivity contribution is 5.77. The van der Waals surface area contributed by atoms with Crippen LogP contribution in [0.25, 0.3) is 5.70 Å². The van der Waals surface area contributed by atoms with Gasteiger partial charge in [-0.05, 0) is 42.4 Å². The fourth-order valence-electron chi connectivity index (χ4n) is 2.79. The van der Waals surface area contributed by atoms with E-state index in [-0.39, 0.29) is 18.7 Å². The fraction of sp³-hybridized carbons (Fsp3) is 0.577. The summed E-state index contributed by atoms with van der Waals surface area (Å²) in [7, 11) is 0. The van der Waals surface area contributed by atoms with Crippen molar-refractivity contribution in [3.8, 4) is 11.8 Å². The zero-order valence-electron chi connectivity index (χ0n) is 20.2. The zero-order valence-corrected chi connectivity index (χ0v) is 20.2. The maximum atomic E-state index is 11.6. The summed E-state index contributed by atoms with van der Waals surface area (Å²) >= 11 is 0. The van der Waals surface area contributed by atoms with Gasteiger partial charge in [-0.1, -0.05) is 64.3 Å². The van der Waals surface area contributed by atoms with Gasteiger partial charge in [0.2, 0.25) is 5.91 Å². The summed E-state index contributed by atoms with van der Waals surface area (Å²) in [6, 6.07) is 8.34. The molecule has 1 rings (SSSR count). The number of aryl methyl sites for hydroxylation is 1. The van der Waals surface area contributed by atoms with Crippen molar-refractivity contribution in [1.29, 1.82) is 0 Å². The predicted molar refractivity (Wildman–Crippen MR) is 132 cm³/mol. The molecular formula is C26H41N3O3. The summed E-state index contributed by atoms with van der Waals surface area (Å²) in [5.41, 5.74) is 9.30. The van der Waals surface area contributed by atoms with Gasteiger partial charge >= 0.3 is 0 Å². The van der Waals surface area contributed by atoms with E-state index in [1.165, 1.54) is 5.56 Å². The molecule has 4 N–H and O–H groups in total. The van der Waals surface area contributed by atoms with Crippen molar-refractivity contribution in [3.05, 3.63) is 42.0 Å². The van der Waals surface area contributed by atoms with E-state index in [1.54, 1.807) is 0 Å². The molecule has 1 atom stereocenters. The predicted octanol–water partition coefficient (Wildman–Crippen LogP) is 3.32. The number of carbonyl (C=O) groups excluding carboxylic acids is 1. The molecule has 1 amide bonds. The van der Waals surface area contributed by atoms with Crippen LogP contribution in [-0.4, -0.2) is 45.0 Å². The molecule has 32 heavy (non-hydrogen) atoms. The Kier molecular flexibility index (Phi) is 14.1. The number of nitrogens with one attached hydrogen (secondary N) is 2. The monoisotopic (exact) mass is 443 g/mol. The van der Waals surface area contributed by atoms with E-state index in [0.29, 0.717) is 38.0 Å². The van der Waals surface area contributed by atoms with Crippen molar-refractivity contribution in [2.75, 3.05) is 32.9 Å². The molecule has 0 heterocycles. The smallest absolute Gasteiger partial charge is 0.246 e. The van der Waals surface area contributed by atoms with Crippen LogP contribution in [0.2, 0.25) is 0 Å². The van der Waals surface area contributed by atoms with Crippen molar-refractivity contribution in [2.24, 2.45) is 17.6 Å². The normalized spacial score (nSPS) is 11.7. The van der Waals surface area contributed by atoms with Crippen molar-refractivity contribution < 1.29 is 14.3 Å². The highest BCUT2D eigenvalue weighted by Crippen LogP contribution is 2.14. The van der Waals surface area contributed by atoms with Crippen LogP contribution in [-0.2, 0) is 20.7 Å². The number of nitrogens with two attached hydrogens (primary N) is 1. The second-order valence-corrected chi connectivity index (χ2v) is 8.54. The summed E-state index contributed by atoms with van der Waals surface area (Å²) in [6.45, 7) is 14.5. The molecule has 0 saturated carbocycles. The molecule has 0 bridgehead atoms. The van der Waals surface area contributed by atoms with E-state index >= 15 is 0 Å². The summed E-state index contributed by atoms with van der Waals surface area (Å²) in [4.78, 5) is 11.6. The van der Waals surface area contributed by atoms with Crippen LogP contribution in [0.5, 0.6) is 0 Å².